The number of para-hydroxylation sites is 2. The third kappa shape index (κ3) is 6.10. The molecule has 1 amide bonds. The second-order valence-corrected chi connectivity index (χ2v) is 3.80. The van der Waals surface area contributed by atoms with Crippen LogP contribution in [-0.4, -0.2) is 25.2 Å². The van der Waals surface area contributed by atoms with E-state index < -0.39 is 24.9 Å². The zero-order valence-electron chi connectivity index (χ0n) is 10.2. The Morgan fingerprint density at radius 3 is 2.63 bits per heavy atom. The van der Waals surface area contributed by atoms with Gasteiger partial charge in [0, 0.05) is 13.0 Å². The number of amides is 1. The highest BCUT2D eigenvalue weighted by Gasteiger charge is 2.28. The van der Waals surface area contributed by atoms with Gasteiger partial charge >= 0.3 is 6.18 Å². The van der Waals surface area contributed by atoms with E-state index >= 15 is 0 Å². The van der Waals surface area contributed by atoms with Gasteiger partial charge in [0.2, 0.25) is 5.91 Å². The molecule has 1 aromatic rings. The van der Waals surface area contributed by atoms with Crippen LogP contribution in [0.15, 0.2) is 24.3 Å². The molecule has 19 heavy (non-hydrogen) atoms. The molecule has 7 heteroatoms. The molecule has 0 radical (unpaired) electrons. The van der Waals surface area contributed by atoms with Crippen LogP contribution in [0.2, 0.25) is 0 Å². The molecular formula is C12H15F3N2O2. The average Bonchev–Trinajstić information content (AvgIpc) is 2.34. The van der Waals surface area contributed by atoms with E-state index in [1.54, 1.807) is 24.3 Å². The highest BCUT2D eigenvalue weighted by Crippen LogP contribution is 2.25. The summed E-state index contributed by atoms with van der Waals surface area (Å²) >= 11 is 0. The number of hydrogen-bond donors (Lipinski definition) is 2. The highest BCUT2D eigenvalue weighted by molar-refractivity contribution is 5.92. The van der Waals surface area contributed by atoms with E-state index in [1.165, 1.54) is 0 Å². The molecule has 0 spiro atoms. The maximum Gasteiger partial charge on any atom is 0.389 e. The van der Waals surface area contributed by atoms with Crippen molar-refractivity contribution in [3.63, 3.8) is 0 Å². The van der Waals surface area contributed by atoms with Crippen molar-refractivity contribution < 1.29 is 22.7 Å². The molecule has 4 nitrogen and oxygen atoms in total. The summed E-state index contributed by atoms with van der Waals surface area (Å²) in [5.41, 5.74) is 5.62. The number of alkyl halides is 3. The Hall–Kier alpha value is -1.76. The lowest BCUT2D eigenvalue weighted by molar-refractivity contribution is -0.142. The molecule has 0 aliphatic heterocycles. The summed E-state index contributed by atoms with van der Waals surface area (Å²) in [6.07, 6.45) is -6.10. The molecule has 106 valence electrons. The molecule has 3 N–H and O–H groups in total. The van der Waals surface area contributed by atoms with E-state index in [-0.39, 0.29) is 6.61 Å². The lowest BCUT2D eigenvalue weighted by Crippen LogP contribution is -2.17. The normalized spacial score (nSPS) is 11.2. The number of nitrogens with two attached hydrogens (primary N) is 1. The van der Waals surface area contributed by atoms with Crippen LogP contribution in [0.1, 0.15) is 12.8 Å². The number of carbonyl (C=O) groups excluding carboxylic acids is 1. The first kappa shape index (κ1) is 15.3. The highest BCUT2D eigenvalue weighted by atomic mass is 19.4. The minimum atomic E-state index is -4.34. The van der Waals surface area contributed by atoms with Crippen molar-refractivity contribution in [3.8, 4) is 5.75 Å². The van der Waals surface area contributed by atoms with Crippen LogP contribution in [0.25, 0.3) is 0 Å². The van der Waals surface area contributed by atoms with E-state index in [2.05, 4.69) is 5.32 Å². The number of nitrogens with one attached hydrogen (secondary N) is 1. The van der Waals surface area contributed by atoms with E-state index in [0.29, 0.717) is 18.0 Å². The topological polar surface area (TPSA) is 64.3 Å². The fourth-order valence-electron chi connectivity index (χ4n) is 1.33. The van der Waals surface area contributed by atoms with Crippen molar-refractivity contribution in [2.24, 2.45) is 5.73 Å². The summed E-state index contributed by atoms with van der Waals surface area (Å²) in [6, 6.07) is 6.50. The maximum atomic E-state index is 12.0. The largest absolute Gasteiger partial charge is 0.490 e. The second kappa shape index (κ2) is 6.98. The van der Waals surface area contributed by atoms with Crippen molar-refractivity contribution >= 4 is 11.6 Å². The quantitative estimate of drug-likeness (QED) is 0.838. The Morgan fingerprint density at radius 2 is 2.00 bits per heavy atom. The van der Waals surface area contributed by atoms with Gasteiger partial charge in [0.1, 0.15) is 12.4 Å². The Morgan fingerprint density at radius 1 is 1.32 bits per heavy atom. The molecule has 0 fully saturated rings. The van der Waals surface area contributed by atoms with Gasteiger partial charge in [-0.05, 0) is 12.1 Å². The summed E-state index contributed by atoms with van der Waals surface area (Å²) in [6.45, 7) is 0.561. The predicted octanol–water partition coefficient (Wildman–Crippen LogP) is 2.31. The molecule has 1 rings (SSSR count). The molecule has 0 aliphatic carbocycles. The standard InChI is InChI=1S/C12H15F3N2O2/c13-12(14,15)6-5-11(18)17-9-3-1-2-4-10(9)19-8-7-16/h1-4H,5-8,16H2,(H,17,18). The van der Waals surface area contributed by atoms with Crippen molar-refractivity contribution in [1.29, 1.82) is 0 Å². The van der Waals surface area contributed by atoms with E-state index in [1.807, 2.05) is 0 Å². The minimum Gasteiger partial charge on any atom is -0.490 e. The summed E-state index contributed by atoms with van der Waals surface area (Å²) < 4.78 is 41.2. The lowest BCUT2D eigenvalue weighted by Gasteiger charge is -2.12. The molecule has 0 unspecified atom stereocenters. The molecule has 0 bridgehead atoms. The summed E-state index contributed by atoms with van der Waals surface area (Å²) in [4.78, 5) is 11.4. The number of carbonyl (C=O) groups is 1. The first-order valence-electron chi connectivity index (χ1n) is 5.71. The second-order valence-electron chi connectivity index (χ2n) is 3.80. The monoisotopic (exact) mass is 276 g/mol. The maximum absolute atomic E-state index is 12.0. The predicted molar refractivity (Wildman–Crippen MR) is 64.9 cm³/mol. The van der Waals surface area contributed by atoms with Gasteiger partial charge in [-0.25, -0.2) is 0 Å². The van der Waals surface area contributed by atoms with Gasteiger partial charge in [-0.3, -0.25) is 4.79 Å². The Bertz CT molecular complexity index is 422. The Balaban J connectivity index is 2.58. The zero-order chi connectivity index (χ0) is 14.3. The van der Waals surface area contributed by atoms with Crippen LogP contribution in [0, 0.1) is 0 Å². The summed E-state index contributed by atoms with van der Waals surface area (Å²) in [5.74, 6) is -0.325. The van der Waals surface area contributed by atoms with Crippen molar-refractivity contribution in [1.82, 2.24) is 0 Å². The summed E-state index contributed by atoms with van der Waals surface area (Å²) in [5, 5.41) is 2.39. The number of ether oxygens (including phenoxy) is 1. The van der Waals surface area contributed by atoms with E-state index in [4.69, 9.17) is 10.5 Å². The average molecular weight is 276 g/mol. The molecular weight excluding hydrogens is 261 g/mol. The van der Waals surface area contributed by atoms with Gasteiger partial charge in [0.15, 0.2) is 0 Å². The molecule has 0 aliphatic rings. The lowest BCUT2D eigenvalue weighted by atomic mass is 10.2. The number of rotatable bonds is 6. The molecule has 0 heterocycles. The van der Waals surface area contributed by atoms with Crippen molar-refractivity contribution in [2.75, 3.05) is 18.5 Å². The molecule has 0 atom stereocenters. The Kier molecular flexibility index (Phi) is 5.62. The number of benzene rings is 1. The van der Waals surface area contributed by atoms with Crippen LogP contribution in [-0.2, 0) is 4.79 Å². The van der Waals surface area contributed by atoms with Gasteiger partial charge in [-0.1, -0.05) is 12.1 Å². The first-order chi connectivity index (χ1) is 8.92. The fraction of sp³-hybridized carbons (Fsp3) is 0.417. The molecule has 0 aromatic heterocycles. The van der Waals surface area contributed by atoms with Gasteiger partial charge < -0.3 is 15.8 Å². The zero-order valence-corrected chi connectivity index (χ0v) is 10.2. The molecule has 0 saturated carbocycles. The van der Waals surface area contributed by atoms with Crippen LogP contribution < -0.4 is 15.8 Å². The van der Waals surface area contributed by atoms with Crippen LogP contribution in [0.4, 0.5) is 18.9 Å². The van der Waals surface area contributed by atoms with Gasteiger partial charge in [0.05, 0.1) is 12.1 Å². The SMILES string of the molecule is NCCOc1ccccc1NC(=O)CCC(F)(F)F. The van der Waals surface area contributed by atoms with Crippen molar-refractivity contribution in [2.45, 2.75) is 19.0 Å². The smallest absolute Gasteiger partial charge is 0.389 e. The van der Waals surface area contributed by atoms with Gasteiger partial charge in [-0.15, -0.1) is 0 Å². The van der Waals surface area contributed by atoms with Crippen LogP contribution >= 0.6 is 0 Å². The number of hydrogen-bond acceptors (Lipinski definition) is 3. The van der Waals surface area contributed by atoms with Gasteiger partial charge in [-0.2, -0.15) is 13.2 Å². The summed E-state index contributed by atoms with van der Waals surface area (Å²) in [7, 11) is 0. The van der Waals surface area contributed by atoms with Crippen molar-refractivity contribution in [3.05, 3.63) is 24.3 Å². The minimum absolute atomic E-state index is 0.259. The van der Waals surface area contributed by atoms with Crippen LogP contribution in [0.3, 0.4) is 0 Å². The van der Waals surface area contributed by atoms with Gasteiger partial charge in [0.25, 0.3) is 0 Å². The molecule has 1 aromatic carbocycles. The third-order valence-electron chi connectivity index (χ3n) is 2.17. The van der Waals surface area contributed by atoms with E-state index in [0.717, 1.165) is 0 Å². The van der Waals surface area contributed by atoms with Crippen LogP contribution in [0.5, 0.6) is 5.75 Å². The first-order valence-corrected chi connectivity index (χ1v) is 5.71. The molecule has 0 saturated heterocycles. The number of anilines is 1. The number of halogens is 3. The van der Waals surface area contributed by atoms with E-state index in [9.17, 15) is 18.0 Å². The fourth-order valence-corrected chi connectivity index (χ4v) is 1.33. The third-order valence-corrected chi connectivity index (χ3v) is 2.17. The Labute approximate surface area is 108 Å².